The topological polar surface area (TPSA) is 44.3 Å². The Kier molecular flexibility index (Phi) is 7.71. The van der Waals surface area contributed by atoms with Crippen LogP contribution in [0.5, 0.6) is 0 Å². The zero-order chi connectivity index (χ0) is 23.0. The Morgan fingerprint density at radius 3 is 2.09 bits per heavy atom. The quantitative estimate of drug-likeness (QED) is 0.506. The van der Waals surface area contributed by atoms with Gasteiger partial charge in [0.25, 0.3) is 0 Å². The highest BCUT2D eigenvalue weighted by atomic mass is 15.3. The molecule has 3 aromatic rings. The van der Waals surface area contributed by atoms with Crippen LogP contribution < -0.4 is 10.2 Å². The van der Waals surface area contributed by atoms with Crippen molar-refractivity contribution in [2.75, 3.05) is 36.4 Å². The molecule has 1 N–H and O–H groups in total. The number of rotatable bonds is 8. The molecule has 2 fully saturated rings. The lowest BCUT2D eigenvalue weighted by Crippen LogP contribution is -2.38. The van der Waals surface area contributed by atoms with Gasteiger partial charge in [-0.1, -0.05) is 73.5 Å². The number of benzene rings is 2. The van der Waals surface area contributed by atoms with Gasteiger partial charge in [0.15, 0.2) is 0 Å². The summed E-state index contributed by atoms with van der Waals surface area (Å²) >= 11 is 0. The third-order valence-electron chi connectivity index (χ3n) is 7.27. The predicted molar refractivity (Wildman–Crippen MR) is 140 cm³/mol. The monoisotopic (exact) mass is 455 g/mol. The molecule has 5 heteroatoms. The molecule has 1 unspecified atom stereocenters. The number of hydrogen-bond donors (Lipinski definition) is 1. The Hall–Kier alpha value is -2.92. The number of nitrogens with zero attached hydrogens (tertiary/aromatic N) is 4. The molecule has 34 heavy (non-hydrogen) atoms. The van der Waals surface area contributed by atoms with E-state index in [1.807, 2.05) is 6.20 Å². The minimum absolute atomic E-state index is 0.383. The summed E-state index contributed by atoms with van der Waals surface area (Å²) in [6, 6.07) is 24.8. The number of aromatic nitrogens is 2. The average Bonchev–Trinajstić information content (AvgIpc) is 3.17. The highest BCUT2D eigenvalue weighted by Gasteiger charge is 2.29. The zero-order valence-electron chi connectivity index (χ0n) is 20.1. The normalized spacial score (nSPS) is 19.3. The summed E-state index contributed by atoms with van der Waals surface area (Å²) in [5, 5.41) is 3.66. The summed E-state index contributed by atoms with van der Waals surface area (Å²) in [6.07, 6.45) is 10.4. The summed E-state index contributed by atoms with van der Waals surface area (Å²) in [6.45, 7) is 4.35. The van der Waals surface area contributed by atoms with Crippen LogP contribution in [0.2, 0.25) is 0 Å². The van der Waals surface area contributed by atoms with E-state index in [1.54, 1.807) is 0 Å². The lowest BCUT2D eigenvalue weighted by molar-refractivity contribution is 0.237. The Morgan fingerprint density at radius 1 is 0.794 bits per heavy atom. The van der Waals surface area contributed by atoms with E-state index in [-0.39, 0.29) is 0 Å². The molecule has 2 aliphatic heterocycles. The van der Waals surface area contributed by atoms with Gasteiger partial charge in [0.2, 0.25) is 5.95 Å². The van der Waals surface area contributed by atoms with Crippen LogP contribution in [0.1, 0.15) is 43.2 Å². The largest absolute Gasteiger partial charge is 0.356 e. The van der Waals surface area contributed by atoms with Gasteiger partial charge >= 0.3 is 0 Å². The van der Waals surface area contributed by atoms with Gasteiger partial charge in [-0.05, 0) is 49.3 Å². The van der Waals surface area contributed by atoms with Crippen LogP contribution >= 0.6 is 0 Å². The van der Waals surface area contributed by atoms with Crippen molar-refractivity contribution in [2.24, 2.45) is 0 Å². The van der Waals surface area contributed by atoms with Crippen molar-refractivity contribution < 1.29 is 0 Å². The summed E-state index contributed by atoms with van der Waals surface area (Å²) < 4.78 is 0. The van der Waals surface area contributed by atoms with Gasteiger partial charge in [0.1, 0.15) is 5.82 Å². The maximum atomic E-state index is 4.89. The lowest BCUT2D eigenvalue weighted by Gasteiger charge is -2.28. The third kappa shape index (κ3) is 6.15. The van der Waals surface area contributed by atoms with Crippen molar-refractivity contribution in [3.05, 3.63) is 84.1 Å². The van der Waals surface area contributed by atoms with Crippen LogP contribution in [0, 0.1) is 0 Å². The Balaban J connectivity index is 1.24. The zero-order valence-corrected chi connectivity index (χ0v) is 20.1. The molecule has 2 aromatic carbocycles. The molecular formula is C29H37N5. The second-order valence-corrected chi connectivity index (χ2v) is 9.80. The third-order valence-corrected chi connectivity index (χ3v) is 7.27. The van der Waals surface area contributed by atoms with Gasteiger partial charge in [-0.3, -0.25) is 4.90 Å². The predicted octanol–water partition coefficient (Wildman–Crippen LogP) is 5.20. The average molecular weight is 456 g/mol. The smallest absolute Gasteiger partial charge is 0.224 e. The molecule has 5 rings (SSSR count). The van der Waals surface area contributed by atoms with E-state index in [4.69, 9.17) is 4.98 Å². The number of likely N-dealkylation sites (tertiary alicyclic amines) is 1. The summed E-state index contributed by atoms with van der Waals surface area (Å²) in [4.78, 5) is 14.5. The van der Waals surface area contributed by atoms with Gasteiger partial charge in [-0.2, -0.15) is 4.98 Å². The van der Waals surface area contributed by atoms with E-state index in [0.717, 1.165) is 57.2 Å². The molecule has 0 bridgehead atoms. The van der Waals surface area contributed by atoms with Crippen molar-refractivity contribution in [3.63, 3.8) is 0 Å². The molecule has 2 aliphatic rings. The summed E-state index contributed by atoms with van der Waals surface area (Å²) in [5.41, 5.74) is 2.82. The van der Waals surface area contributed by atoms with Crippen LogP contribution in [-0.4, -0.2) is 53.1 Å². The van der Waals surface area contributed by atoms with E-state index in [9.17, 15) is 0 Å². The van der Waals surface area contributed by atoms with E-state index in [1.165, 1.54) is 36.8 Å². The molecule has 0 aliphatic carbocycles. The number of hydrogen-bond acceptors (Lipinski definition) is 5. The standard InChI is InChI=1S/C29H37N5/c1-2-10-19-33(18-9-1)28-15-17-30-29(32-28)31-26-16-20-34(23-26)27(21-24-11-5-3-6-12-24)22-25-13-7-4-8-14-25/h3-8,11-15,17,26-27H,1-2,9-10,16,18-23H2,(H,30,31,32). The van der Waals surface area contributed by atoms with Crippen LogP contribution in [-0.2, 0) is 12.8 Å². The van der Waals surface area contributed by atoms with Gasteiger partial charge in [0, 0.05) is 44.5 Å². The van der Waals surface area contributed by atoms with Gasteiger partial charge in [0.05, 0.1) is 0 Å². The van der Waals surface area contributed by atoms with E-state index in [0.29, 0.717) is 12.1 Å². The molecular weight excluding hydrogens is 418 g/mol. The van der Waals surface area contributed by atoms with Crippen LogP contribution in [0.3, 0.4) is 0 Å². The van der Waals surface area contributed by atoms with Crippen molar-refractivity contribution in [1.82, 2.24) is 14.9 Å². The minimum Gasteiger partial charge on any atom is -0.356 e. The molecule has 178 valence electrons. The Morgan fingerprint density at radius 2 is 1.44 bits per heavy atom. The van der Waals surface area contributed by atoms with Crippen molar-refractivity contribution in [1.29, 1.82) is 0 Å². The van der Waals surface area contributed by atoms with Crippen LogP contribution in [0.15, 0.2) is 72.9 Å². The second-order valence-electron chi connectivity index (χ2n) is 9.80. The van der Waals surface area contributed by atoms with Crippen molar-refractivity contribution >= 4 is 11.8 Å². The van der Waals surface area contributed by atoms with Crippen LogP contribution in [0.4, 0.5) is 11.8 Å². The van der Waals surface area contributed by atoms with E-state index in [2.05, 4.69) is 86.8 Å². The molecule has 0 spiro atoms. The fraction of sp³-hybridized carbons (Fsp3) is 0.448. The molecule has 0 radical (unpaired) electrons. The van der Waals surface area contributed by atoms with Gasteiger partial charge in [-0.25, -0.2) is 4.98 Å². The molecule has 0 saturated carbocycles. The molecule has 0 amide bonds. The van der Waals surface area contributed by atoms with E-state index >= 15 is 0 Å². The minimum atomic E-state index is 0.383. The highest BCUT2D eigenvalue weighted by Crippen LogP contribution is 2.23. The lowest BCUT2D eigenvalue weighted by atomic mass is 9.98. The summed E-state index contributed by atoms with van der Waals surface area (Å²) in [7, 11) is 0. The number of nitrogens with one attached hydrogen (secondary N) is 1. The first kappa shape index (κ1) is 22.9. The highest BCUT2D eigenvalue weighted by molar-refractivity contribution is 5.43. The fourth-order valence-electron chi connectivity index (χ4n) is 5.42. The Bertz CT molecular complexity index is 960. The second kappa shape index (κ2) is 11.5. The SMILES string of the molecule is c1ccc(CC(Cc2ccccc2)N2CCC(Nc3nccc(N4CCCCCC4)n3)C2)cc1. The molecule has 2 saturated heterocycles. The van der Waals surface area contributed by atoms with Crippen molar-refractivity contribution in [3.8, 4) is 0 Å². The maximum Gasteiger partial charge on any atom is 0.224 e. The van der Waals surface area contributed by atoms with E-state index < -0.39 is 0 Å². The van der Waals surface area contributed by atoms with Gasteiger partial charge < -0.3 is 10.2 Å². The molecule has 3 heterocycles. The van der Waals surface area contributed by atoms with Crippen molar-refractivity contribution in [2.45, 2.75) is 57.0 Å². The molecule has 1 atom stereocenters. The molecule has 1 aromatic heterocycles. The first-order valence-corrected chi connectivity index (χ1v) is 13.0. The first-order valence-electron chi connectivity index (χ1n) is 13.0. The fourth-order valence-corrected chi connectivity index (χ4v) is 5.42. The Labute approximate surface area is 204 Å². The van der Waals surface area contributed by atoms with Gasteiger partial charge in [-0.15, -0.1) is 0 Å². The maximum absolute atomic E-state index is 4.89. The molecule has 5 nitrogen and oxygen atoms in total. The first-order chi connectivity index (χ1) is 16.8. The summed E-state index contributed by atoms with van der Waals surface area (Å²) in [5.74, 6) is 1.84. The number of anilines is 2. The van der Waals surface area contributed by atoms with Crippen LogP contribution in [0.25, 0.3) is 0 Å².